The molecule has 0 saturated carbocycles. The van der Waals surface area contributed by atoms with Crippen LogP contribution in [0.15, 0.2) is 35.8 Å². The highest BCUT2D eigenvalue weighted by Crippen LogP contribution is 2.44. The molecule has 5 aliphatic heterocycles. The van der Waals surface area contributed by atoms with Crippen LogP contribution in [0.3, 0.4) is 0 Å². The number of carbonyl (C=O) groups excluding carboxylic acids is 3. The molecule has 4 saturated heterocycles. The zero-order chi connectivity index (χ0) is 48.6. The number of amides is 3. The van der Waals surface area contributed by atoms with Crippen LogP contribution in [0.25, 0.3) is 33.4 Å². The van der Waals surface area contributed by atoms with Crippen LogP contribution in [0.1, 0.15) is 89.3 Å². The summed E-state index contributed by atoms with van der Waals surface area (Å²) in [5.74, 6) is -0.569. The highest BCUT2D eigenvalue weighted by atomic mass is 32.1. The van der Waals surface area contributed by atoms with Crippen molar-refractivity contribution in [3.8, 4) is 22.5 Å². The van der Waals surface area contributed by atoms with Crippen molar-refractivity contribution in [2.45, 2.75) is 110 Å². The number of hydrazine groups is 1. The van der Waals surface area contributed by atoms with Crippen molar-refractivity contribution < 1.29 is 38.1 Å². The summed E-state index contributed by atoms with van der Waals surface area (Å²) >= 11 is 1.40. The number of likely N-dealkylation sites (tertiary alicyclic amines) is 1. The van der Waals surface area contributed by atoms with Crippen molar-refractivity contribution in [3.05, 3.63) is 52.1 Å². The summed E-state index contributed by atoms with van der Waals surface area (Å²) in [6, 6.07) is 6.56. The normalized spacial score (nSPS) is 25.0. The zero-order valence-electron chi connectivity index (χ0n) is 41.6. The molecule has 9 rings (SSSR count). The Hall–Kier alpha value is -4.69. The molecule has 3 amide bonds. The van der Waals surface area contributed by atoms with Gasteiger partial charge in [-0.05, 0) is 84.2 Å². The minimum absolute atomic E-state index is 0.0423. The van der Waals surface area contributed by atoms with Crippen molar-refractivity contribution in [2.24, 2.45) is 11.3 Å². The zero-order valence-corrected chi connectivity index (χ0v) is 42.4. The lowest BCUT2D eigenvalue weighted by molar-refractivity contribution is -0.156. The number of pyridine rings is 1. The molecule has 6 bridgehead atoms. The number of aromatic nitrogens is 3. The number of likely N-dealkylation sites (N-methyl/N-ethyl adjacent to an activating group) is 1. The largest absolute Gasteiger partial charge is 0.464 e. The van der Waals surface area contributed by atoms with Crippen LogP contribution in [-0.4, -0.2) is 158 Å². The Bertz CT molecular complexity index is 2490. The van der Waals surface area contributed by atoms with Gasteiger partial charge in [0.1, 0.15) is 23.2 Å². The number of ether oxygens (including phenoxy) is 5. The van der Waals surface area contributed by atoms with E-state index in [1.165, 1.54) is 16.3 Å². The fraction of sp³-hybridized carbons (Fsp3) is 0.627. The van der Waals surface area contributed by atoms with Crippen LogP contribution >= 0.6 is 11.3 Å². The first kappa shape index (κ1) is 49.3. The molecule has 18 heteroatoms. The molecule has 4 aromatic rings. The van der Waals surface area contributed by atoms with E-state index < -0.39 is 35.5 Å². The minimum Gasteiger partial charge on any atom is -0.464 e. The van der Waals surface area contributed by atoms with Crippen molar-refractivity contribution >= 4 is 45.8 Å². The number of nitrogens with one attached hydrogen (secondary N) is 2. The fourth-order valence-electron chi connectivity index (χ4n) is 10.6. The van der Waals surface area contributed by atoms with Crippen molar-refractivity contribution in [1.29, 1.82) is 0 Å². The molecule has 17 nitrogen and oxygen atoms in total. The van der Waals surface area contributed by atoms with Gasteiger partial charge in [0.25, 0.3) is 5.91 Å². The number of urea groups is 1. The van der Waals surface area contributed by atoms with Gasteiger partial charge in [-0.25, -0.2) is 15.2 Å². The van der Waals surface area contributed by atoms with Crippen LogP contribution in [0.5, 0.6) is 0 Å². The van der Waals surface area contributed by atoms with Gasteiger partial charge in [-0.15, -0.1) is 11.3 Å². The second-order valence-electron chi connectivity index (χ2n) is 20.4. The van der Waals surface area contributed by atoms with E-state index in [9.17, 15) is 14.4 Å². The van der Waals surface area contributed by atoms with Gasteiger partial charge < -0.3 is 48.3 Å². The van der Waals surface area contributed by atoms with E-state index in [0.29, 0.717) is 63.7 Å². The Morgan fingerprint density at radius 1 is 1.09 bits per heavy atom. The van der Waals surface area contributed by atoms with E-state index in [2.05, 4.69) is 84.1 Å². The number of hydrogen-bond donors (Lipinski definition) is 2. The number of fused-ring (bicyclic) bond motifs is 7. The predicted molar refractivity (Wildman–Crippen MR) is 265 cm³/mol. The maximum Gasteiger partial charge on any atom is 0.324 e. The highest BCUT2D eigenvalue weighted by molar-refractivity contribution is 7.10. The van der Waals surface area contributed by atoms with Gasteiger partial charge in [0.05, 0.1) is 61.0 Å². The molecule has 8 heterocycles. The minimum atomic E-state index is -1.15. The third-order valence-electron chi connectivity index (χ3n) is 14.5. The molecule has 69 heavy (non-hydrogen) atoms. The van der Waals surface area contributed by atoms with E-state index in [0.717, 1.165) is 83.0 Å². The Morgan fingerprint density at radius 2 is 1.90 bits per heavy atom. The van der Waals surface area contributed by atoms with E-state index in [-0.39, 0.29) is 43.4 Å². The lowest BCUT2D eigenvalue weighted by Crippen LogP contribution is -2.67. The van der Waals surface area contributed by atoms with E-state index in [1.807, 2.05) is 25.4 Å². The van der Waals surface area contributed by atoms with Gasteiger partial charge in [-0.3, -0.25) is 19.6 Å². The van der Waals surface area contributed by atoms with Crippen molar-refractivity contribution in [2.75, 3.05) is 91.4 Å². The Labute approximate surface area is 410 Å². The molecule has 374 valence electrons. The topological polar surface area (TPSA) is 165 Å². The lowest BCUT2D eigenvalue weighted by Gasteiger charge is -2.50. The van der Waals surface area contributed by atoms with Gasteiger partial charge in [-0.1, -0.05) is 19.9 Å². The summed E-state index contributed by atoms with van der Waals surface area (Å²) in [4.78, 5) is 60.1. The standard InChI is InChI=1S/C51H71N9O8S/c1-9-66-46-44(54-50(63)59-27-34-28-65-21-14-41(34)59)48(61)60-15-10-11-39(55-60)49(62)68-30-51(5,6)25-38-36-23-33(40-29-69-47(46)53-40)12-13-42(36)58(20-22-67-31(2)3)45(38)37-24-35(26-52-43(37)32(4)64-8)57-18-16-56(7)17-19-57/h12-13,23-24,26,29,31-32,34,39,41,44,46,55H,9-11,14-22,25,27-28,30H2,1-8H3,(H,54,63)/t32-,34+,39-,41-,44-,46-/m0/s1. The summed E-state index contributed by atoms with van der Waals surface area (Å²) in [7, 11) is 3.88. The first-order valence-electron chi connectivity index (χ1n) is 24.9. The summed E-state index contributed by atoms with van der Waals surface area (Å²) in [6.45, 7) is 19.5. The number of anilines is 1. The number of benzene rings is 1. The molecule has 3 aromatic heterocycles. The number of methoxy groups -OCH3 is 1. The van der Waals surface area contributed by atoms with Crippen LogP contribution in [-0.2, 0) is 46.2 Å². The molecular formula is C51H71N9O8S. The van der Waals surface area contributed by atoms with Crippen LogP contribution in [0.4, 0.5) is 10.5 Å². The van der Waals surface area contributed by atoms with E-state index in [4.69, 9.17) is 33.7 Å². The highest BCUT2D eigenvalue weighted by Gasteiger charge is 2.46. The molecule has 5 aliphatic rings. The lowest BCUT2D eigenvalue weighted by atomic mass is 9.84. The molecule has 0 unspecified atom stereocenters. The average Bonchev–Trinajstić information content (AvgIpc) is 3.94. The fourth-order valence-corrected chi connectivity index (χ4v) is 11.5. The number of rotatable bonds is 11. The molecular weight excluding hydrogens is 899 g/mol. The van der Waals surface area contributed by atoms with E-state index in [1.54, 1.807) is 12.0 Å². The van der Waals surface area contributed by atoms with Crippen LogP contribution in [0, 0.1) is 11.3 Å². The quantitative estimate of drug-likeness (QED) is 0.163. The number of carbonyl (C=O) groups is 3. The number of cyclic esters (lactones) is 1. The van der Waals surface area contributed by atoms with Gasteiger partial charge in [0, 0.05) is 111 Å². The number of piperazine rings is 1. The van der Waals surface area contributed by atoms with Gasteiger partial charge in [0.15, 0.2) is 0 Å². The number of thiazole rings is 1. The van der Waals surface area contributed by atoms with Gasteiger partial charge >= 0.3 is 12.0 Å². The number of hydrogen-bond acceptors (Lipinski definition) is 14. The van der Waals surface area contributed by atoms with E-state index >= 15 is 0 Å². The van der Waals surface area contributed by atoms with Crippen LogP contribution < -0.4 is 15.6 Å². The smallest absolute Gasteiger partial charge is 0.324 e. The Morgan fingerprint density at radius 3 is 2.65 bits per heavy atom. The molecule has 0 spiro atoms. The molecule has 0 radical (unpaired) electrons. The molecule has 0 aliphatic carbocycles. The summed E-state index contributed by atoms with van der Waals surface area (Å²) < 4.78 is 33.0. The van der Waals surface area contributed by atoms with Crippen molar-refractivity contribution in [3.63, 3.8) is 0 Å². The number of esters is 1. The summed E-state index contributed by atoms with van der Waals surface area (Å²) in [5.41, 5.74) is 10.3. The maximum atomic E-state index is 14.9. The molecule has 6 atom stereocenters. The van der Waals surface area contributed by atoms with Crippen molar-refractivity contribution in [1.82, 2.24) is 40.1 Å². The second-order valence-corrected chi connectivity index (χ2v) is 21.3. The summed E-state index contributed by atoms with van der Waals surface area (Å²) in [6.07, 6.45) is 3.14. The predicted octanol–water partition coefficient (Wildman–Crippen LogP) is 6.21. The third-order valence-corrected chi connectivity index (χ3v) is 15.4. The molecule has 4 fully saturated rings. The maximum absolute atomic E-state index is 14.9. The van der Waals surface area contributed by atoms with Gasteiger partial charge in [0.2, 0.25) is 0 Å². The Kier molecular flexibility index (Phi) is 15.0. The molecule has 2 N–H and O–H groups in total. The second kappa shape index (κ2) is 21.0. The SMILES string of the molecule is CCO[C@@H]1c2nc(cs2)-c2ccc3c(c2)c(c(-c2cc(N4CCN(C)CC4)cnc2[C@H](C)OC)n3CCOC(C)C)CC(C)(C)COC(=O)[C@@H]2CCCN(N2)C(=O)[C@H]1NC(=O)N1C[C@@H]2COCC[C@@H]21. The Balaban J connectivity index is 1.19. The van der Waals surface area contributed by atoms with Gasteiger partial charge in [-0.2, -0.15) is 0 Å². The average molecular weight is 970 g/mol. The first-order valence-corrected chi connectivity index (χ1v) is 25.8. The molecule has 1 aromatic carbocycles. The monoisotopic (exact) mass is 970 g/mol. The number of nitrogens with zero attached hydrogens (tertiary/aromatic N) is 7. The van der Waals surface area contributed by atoms with Crippen LogP contribution in [0.2, 0.25) is 0 Å². The summed E-state index contributed by atoms with van der Waals surface area (Å²) in [5, 5.41) is 8.16. The third kappa shape index (κ3) is 10.4. The first-order chi connectivity index (χ1) is 33.2.